The molecule has 0 saturated carbocycles. The van der Waals surface area contributed by atoms with E-state index in [2.05, 4.69) is 19.9 Å². The minimum atomic E-state index is -0.686. The number of hydrogen-bond donors (Lipinski definition) is 2. The van der Waals surface area contributed by atoms with Crippen LogP contribution >= 0.6 is 0 Å². The number of carbonyl (C=O) groups is 1. The highest BCUT2D eigenvalue weighted by atomic mass is 16.5. The number of esters is 1. The standard InChI is InChI=1S/C10H12N4O2/c1-16-10(15)7(11)5-8-6-3-2-4-12-9(6)14-13-8/h2-4,7H,5,11H2,1H3,(H,12,13,14)/t7-/m0/s1. The SMILES string of the molecule is COC(=O)[C@@H](N)Cc1[nH]nc2ncccc12. The summed E-state index contributed by atoms with van der Waals surface area (Å²) >= 11 is 0. The van der Waals surface area contributed by atoms with Crippen molar-refractivity contribution in [3.8, 4) is 0 Å². The summed E-state index contributed by atoms with van der Waals surface area (Å²) in [5, 5.41) is 7.71. The minimum absolute atomic E-state index is 0.356. The van der Waals surface area contributed by atoms with Crippen LogP contribution in [0.4, 0.5) is 0 Å². The zero-order valence-corrected chi connectivity index (χ0v) is 8.80. The van der Waals surface area contributed by atoms with Gasteiger partial charge >= 0.3 is 5.97 Å². The molecule has 0 aliphatic heterocycles. The van der Waals surface area contributed by atoms with E-state index in [0.717, 1.165) is 11.1 Å². The number of nitrogens with zero attached hydrogens (tertiary/aromatic N) is 2. The quantitative estimate of drug-likeness (QED) is 0.710. The van der Waals surface area contributed by atoms with E-state index in [1.165, 1.54) is 7.11 Å². The molecule has 6 heteroatoms. The molecule has 1 atom stereocenters. The van der Waals surface area contributed by atoms with E-state index in [4.69, 9.17) is 5.73 Å². The van der Waals surface area contributed by atoms with Crippen LogP contribution < -0.4 is 5.73 Å². The molecule has 0 unspecified atom stereocenters. The van der Waals surface area contributed by atoms with Gasteiger partial charge in [0.05, 0.1) is 7.11 Å². The first-order valence-corrected chi connectivity index (χ1v) is 4.83. The average Bonchev–Trinajstić information content (AvgIpc) is 2.72. The van der Waals surface area contributed by atoms with Gasteiger partial charge in [-0.15, -0.1) is 0 Å². The molecule has 0 radical (unpaired) electrons. The molecule has 0 aromatic carbocycles. The van der Waals surface area contributed by atoms with Crippen molar-refractivity contribution < 1.29 is 9.53 Å². The molecule has 0 fully saturated rings. The van der Waals surface area contributed by atoms with Crippen LogP contribution in [0.5, 0.6) is 0 Å². The number of fused-ring (bicyclic) bond motifs is 1. The Bertz CT molecular complexity index is 508. The van der Waals surface area contributed by atoms with Crippen LogP contribution in [0.25, 0.3) is 11.0 Å². The van der Waals surface area contributed by atoms with Crippen molar-refractivity contribution in [1.29, 1.82) is 0 Å². The molecular formula is C10H12N4O2. The summed E-state index contributed by atoms with van der Waals surface area (Å²) in [5.74, 6) is -0.438. The van der Waals surface area contributed by atoms with Crippen LogP contribution in [0.2, 0.25) is 0 Å². The lowest BCUT2D eigenvalue weighted by Crippen LogP contribution is -2.33. The first kappa shape index (κ1) is 10.6. The predicted molar refractivity (Wildman–Crippen MR) is 57.6 cm³/mol. The third kappa shape index (κ3) is 1.87. The van der Waals surface area contributed by atoms with Crippen molar-refractivity contribution in [1.82, 2.24) is 15.2 Å². The summed E-state index contributed by atoms with van der Waals surface area (Å²) in [6.07, 6.45) is 2.02. The molecule has 2 aromatic heterocycles. The van der Waals surface area contributed by atoms with Crippen molar-refractivity contribution in [3.63, 3.8) is 0 Å². The van der Waals surface area contributed by atoms with Gasteiger partial charge in [-0.3, -0.25) is 9.89 Å². The number of pyridine rings is 1. The molecule has 16 heavy (non-hydrogen) atoms. The monoisotopic (exact) mass is 220 g/mol. The van der Waals surface area contributed by atoms with E-state index < -0.39 is 12.0 Å². The molecule has 0 aliphatic rings. The Morgan fingerprint density at radius 1 is 1.69 bits per heavy atom. The maximum Gasteiger partial charge on any atom is 0.323 e. The number of aromatic nitrogens is 3. The lowest BCUT2D eigenvalue weighted by atomic mass is 10.1. The van der Waals surface area contributed by atoms with Gasteiger partial charge < -0.3 is 10.5 Å². The van der Waals surface area contributed by atoms with Gasteiger partial charge in [0, 0.05) is 23.7 Å². The molecule has 0 saturated heterocycles. The topological polar surface area (TPSA) is 93.9 Å². The van der Waals surface area contributed by atoms with Crippen molar-refractivity contribution >= 4 is 17.0 Å². The van der Waals surface area contributed by atoms with Gasteiger partial charge in [-0.2, -0.15) is 5.10 Å². The highest BCUT2D eigenvalue weighted by molar-refractivity contribution is 5.80. The number of H-pyrrole nitrogens is 1. The second-order valence-corrected chi connectivity index (χ2v) is 3.41. The average molecular weight is 220 g/mol. The molecule has 0 amide bonds. The van der Waals surface area contributed by atoms with Crippen LogP contribution in [-0.4, -0.2) is 34.3 Å². The molecule has 3 N–H and O–H groups in total. The fourth-order valence-electron chi connectivity index (χ4n) is 1.51. The second kappa shape index (κ2) is 4.28. The second-order valence-electron chi connectivity index (χ2n) is 3.41. The van der Waals surface area contributed by atoms with Crippen LogP contribution in [0, 0.1) is 0 Å². The maximum absolute atomic E-state index is 11.2. The number of nitrogens with one attached hydrogen (secondary N) is 1. The van der Waals surface area contributed by atoms with Gasteiger partial charge in [0.1, 0.15) is 6.04 Å². The Morgan fingerprint density at radius 3 is 3.25 bits per heavy atom. The van der Waals surface area contributed by atoms with Gasteiger partial charge in [-0.05, 0) is 12.1 Å². The summed E-state index contributed by atoms with van der Waals surface area (Å²) in [6.45, 7) is 0. The van der Waals surface area contributed by atoms with E-state index in [0.29, 0.717) is 12.1 Å². The Kier molecular flexibility index (Phi) is 2.82. The van der Waals surface area contributed by atoms with Crippen molar-refractivity contribution in [2.45, 2.75) is 12.5 Å². The first-order chi connectivity index (χ1) is 7.72. The highest BCUT2D eigenvalue weighted by Crippen LogP contribution is 2.14. The number of hydrogen-bond acceptors (Lipinski definition) is 5. The molecule has 0 spiro atoms. The largest absolute Gasteiger partial charge is 0.468 e. The number of aromatic amines is 1. The predicted octanol–water partition coefficient (Wildman–Crippen LogP) is 0.000700. The normalized spacial score (nSPS) is 12.6. The number of methoxy groups -OCH3 is 1. The van der Waals surface area contributed by atoms with Crippen molar-refractivity contribution in [2.24, 2.45) is 5.73 Å². The molecule has 6 nitrogen and oxygen atoms in total. The van der Waals surface area contributed by atoms with Gasteiger partial charge in [-0.1, -0.05) is 0 Å². The Balaban J connectivity index is 2.24. The number of nitrogens with two attached hydrogens (primary N) is 1. The van der Waals surface area contributed by atoms with E-state index in [1.807, 2.05) is 12.1 Å². The summed E-state index contributed by atoms with van der Waals surface area (Å²) in [6, 6.07) is 3.00. The lowest BCUT2D eigenvalue weighted by Gasteiger charge is -2.07. The van der Waals surface area contributed by atoms with E-state index in [-0.39, 0.29) is 0 Å². The van der Waals surface area contributed by atoms with Crippen molar-refractivity contribution in [3.05, 3.63) is 24.0 Å². The molecule has 2 heterocycles. The van der Waals surface area contributed by atoms with Gasteiger partial charge in [-0.25, -0.2) is 4.98 Å². The minimum Gasteiger partial charge on any atom is -0.468 e. The molecule has 0 bridgehead atoms. The van der Waals surface area contributed by atoms with Crippen LogP contribution in [0.1, 0.15) is 5.69 Å². The van der Waals surface area contributed by atoms with Gasteiger partial charge in [0.2, 0.25) is 0 Å². The number of ether oxygens (including phenoxy) is 1. The zero-order chi connectivity index (χ0) is 11.5. The highest BCUT2D eigenvalue weighted by Gasteiger charge is 2.17. The Labute approximate surface area is 91.8 Å². The number of rotatable bonds is 3. The smallest absolute Gasteiger partial charge is 0.323 e. The number of carbonyl (C=O) groups excluding carboxylic acids is 1. The van der Waals surface area contributed by atoms with E-state index >= 15 is 0 Å². The maximum atomic E-state index is 11.2. The van der Waals surface area contributed by atoms with Crippen LogP contribution in [0.15, 0.2) is 18.3 Å². The van der Waals surface area contributed by atoms with Crippen LogP contribution in [0.3, 0.4) is 0 Å². The van der Waals surface area contributed by atoms with Crippen LogP contribution in [-0.2, 0) is 16.0 Å². The van der Waals surface area contributed by atoms with Gasteiger partial charge in [0.15, 0.2) is 5.65 Å². The summed E-state index contributed by atoms with van der Waals surface area (Å²) in [5.41, 5.74) is 7.08. The molecule has 2 aromatic rings. The first-order valence-electron chi connectivity index (χ1n) is 4.83. The third-order valence-electron chi connectivity index (χ3n) is 2.34. The summed E-state index contributed by atoms with van der Waals surface area (Å²) in [4.78, 5) is 15.3. The fourth-order valence-corrected chi connectivity index (χ4v) is 1.51. The summed E-state index contributed by atoms with van der Waals surface area (Å²) < 4.78 is 4.56. The zero-order valence-electron chi connectivity index (χ0n) is 8.80. The molecule has 0 aliphatic carbocycles. The summed E-state index contributed by atoms with van der Waals surface area (Å²) in [7, 11) is 1.31. The van der Waals surface area contributed by atoms with E-state index in [1.54, 1.807) is 6.20 Å². The van der Waals surface area contributed by atoms with Crippen molar-refractivity contribution in [2.75, 3.05) is 7.11 Å². The van der Waals surface area contributed by atoms with E-state index in [9.17, 15) is 4.79 Å². The molecular weight excluding hydrogens is 208 g/mol. The third-order valence-corrected chi connectivity index (χ3v) is 2.34. The lowest BCUT2D eigenvalue weighted by molar-refractivity contribution is -0.142. The van der Waals surface area contributed by atoms with Gasteiger partial charge in [0.25, 0.3) is 0 Å². The molecule has 2 rings (SSSR count). The fraction of sp³-hybridized carbons (Fsp3) is 0.300. The molecule has 84 valence electrons. The Hall–Kier alpha value is -1.95. The Morgan fingerprint density at radius 2 is 2.50 bits per heavy atom.